The van der Waals surface area contributed by atoms with Gasteiger partial charge in [-0.3, -0.25) is 4.99 Å². The minimum Gasteiger partial charge on any atom is -0.474 e. The van der Waals surface area contributed by atoms with Gasteiger partial charge in [-0.1, -0.05) is 19.4 Å². The molecule has 2 aromatic rings. The molecular formula is C20H31N7O. The van der Waals surface area contributed by atoms with E-state index in [1.807, 2.05) is 12.3 Å². The summed E-state index contributed by atoms with van der Waals surface area (Å²) < 4.78 is 8.04. The molecule has 2 aromatic heterocycles. The third-order valence-electron chi connectivity index (χ3n) is 4.98. The Morgan fingerprint density at radius 2 is 2.11 bits per heavy atom. The van der Waals surface area contributed by atoms with Crippen LogP contribution in [0.4, 0.5) is 0 Å². The molecule has 2 heterocycles. The lowest BCUT2D eigenvalue weighted by atomic mass is 9.98. The maximum atomic E-state index is 5.98. The van der Waals surface area contributed by atoms with Gasteiger partial charge in [0.25, 0.3) is 0 Å². The van der Waals surface area contributed by atoms with Gasteiger partial charge in [0.05, 0.1) is 0 Å². The Hall–Kier alpha value is -2.64. The van der Waals surface area contributed by atoms with Crippen molar-refractivity contribution < 1.29 is 4.74 Å². The lowest BCUT2D eigenvalue weighted by molar-refractivity contribution is 0.148. The Morgan fingerprint density at radius 3 is 2.82 bits per heavy atom. The molecule has 1 aliphatic rings. The van der Waals surface area contributed by atoms with Crippen molar-refractivity contribution in [1.82, 2.24) is 30.4 Å². The molecule has 0 amide bonds. The highest BCUT2D eigenvalue weighted by atomic mass is 16.5. The SMILES string of the molecule is CCc1nncn1CCNC(=NC)NCc1ccc(OC2CCCCC2)nc1. The summed E-state index contributed by atoms with van der Waals surface area (Å²) in [4.78, 5) is 8.72. The first-order chi connectivity index (χ1) is 13.8. The van der Waals surface area contributed by atoms with E-state index in [-0.39, 0.29) is 0 Å². The van der Waals surface area contributed by atoms with E-state index in [1.165, 1.54) is 19.3 Å². The number of ether oxygens (including phenoxy) is 1. The predicted molar refractivity (Wildman–Crippen MR) is 109 cm³/mol. The second-order valence-corrected chi connectivity index (χ2v) is 7.03. The predicted octanol–water partition coefficient (Wildman–Crippen LogP) is 2.31. The van der Waals surface area contributed by atoms with Crippen molar-refractivity contribution in [3.63, 3.8) is 0 Å². The molecule has 8 nitrogen and oxygen atoms in total. The minimum atomic E-state index is 0.326. The average Bonchev–Trinajstić information content (AvgIpc) is 3.20. The van der Waals surface area contributed by atoms with Crippen LogP contribution in [0.5, 0.6) is 5.88 Å². The molecule has 0 unspecified atom stereocenters. The highest BCUT2D eigenvalue weighted by molar-refractivity contribution is 5.79. The molecule has 1 fully saturated rings. The molecular weight excluding hydrogens is 354 g/mol. The summed E-state index contributed by atoms with van der Waals surface area (Å²) in [6, 6.07) is 4.01. The van der Waals surface area contributed by atoms with E-state index >= 15 is 0 Å². The van der Waals surface area contributed by atoms with Crippen molar-refractivity contribution in [3.8, 4) is 5.88 Å². The molecule has 0 aromatic carbocycles. The van der Waals surface area contributed by atoms with E-state index in [4.69, 9.17) is 4.74 Å². The second kappa shape index (κ2) is 10.6. The van der Waals surface area contributed by atoms with Gasteiger partial charge >= 0.3 is 0 Å². The summed E-state index contributed by atoms with van der Waals surface area (Å²) in [6.45, 7) is 4.28. The summed E-state index contributed by atoms with van der Waals surface area (Å²) in [6.07, 6.45) is 11.0. The van der Waals surface area contributed by atoms with Crippen LogP contribution in [-0.4, -0.2) is 45.4 Å². The lowest BCUT2D eigenvalue weighted by Gasteiger charge is -2.22. The van der Waals surface area contributed by atoms with Gasteiger partial charge < -0.3 is 19.9 Å². The number of aromatic nitrogens is 4. The smallest absolute Gasteiger partial charge is 0.213 e. The Morgan fingerprint density at radius 1 is 1.25 bits per heavy atom. The van der Waals surface area contributed by atoms with Crippen LogP contribution < -0.4 is 15.4 Å². The maximum Gasteiger partial charge on any atom is 0.213 e. The van der Waals surface area contributed by atoms with Gasteiger partial charge in [0.1, 0.15) is 18.3 Å². The van der Waals surface area contributed by atoms with Crippen molar-refractivity contribution in [3.05, 3.63) is 36.0 Å². The van der Waals surface area contributed by atoms with Gasteiger partial charge in [-0.05, 0) is 31.2 Å². The van der Waals surface area contributed by atoms with E-state index in [0.29, 0.717) is 12.6 Å². The summed E-state index contributed by atoms with van der Waals surface area (Å²) in [5.41, 5.74) is 1.09. The van der Waals surface area contributed by atoms with Crippen molar-refractivity contribution in [2.45, 2.75) is 64.6 Å². The standard InChI is InChI=1S/C20H31N7O/c1-3-18-26-25-15-27(18)12-11-22-20(21-2)24-14-16-9-10-19(23-13-16)28-17-7-5-4-6-8-17/h9-10,13,15,17H,3-8,11-12,14H2,1-2H3,(H2,21,22,24). The molecule has 3 rings (SSSR count). The fourth-order valence-electron chi connectivity index (χ4n) is 3.38. The van der Waals surface area contributed by atoms with E-state index < -0.39 is 0 Å². The Kier molecular flexibility index (Phi) is 7.63. The van der Waals surface area contributed by atoms with E-state index in [1.54, 1.807) is 13.4 Å². The lowest BCUT2D eigenvalue weighted by Crippen LogP contribution is -2.38. The van der Waals surface area contributed by atoms with E-state index in [2.05, 4.69) is 48.4 Å². The van der Waals surface area contributed by atoms with Crippen LogP contribution in [-0.2, 0) is 19.5 Å². The monoisotopic (exact) mass is 385 g/mol. The summed E-state index contributed by atoms with van der Waals surface area (Å²) >= 11 is 0. The van der Waals surface area contributed by atoms with Crippen LogP contribution in [0.15, 0.2) is 29.6 Å². The molecule has 0 atom stereocenters. The average molecular weight is 386 g/mol. The number of nitrogens with zero attached hydrogens (tertiary/aromatic N) is 5. The second-order valence-electron chi connectivity index (χ2n) is 7.03. The summed E-state index contributed by atoms with van der Waals surface area (Å²) in [5.74, 6) is 2.47. The molecule has 0 spiro atoms. The van der Waals surface area contributed by atoms with Crippen molar-refractivity contribution in [2.24, 2.45) is 4.99 Å². The van der Waals surface area contributed by atoms with Crippen LogP contribution in [0.25, 0.3) is 0 Å². The molecule has 1 aliphatic carbocycles. The van der Waals surface area contributed by atoms with Crippen LogP contribution in [0.2, 0.25) is 0 Å². The molecule has 2 N–H and O–H groups in total. The third-order valence-corrected chi connectivity index (χ3v) is 4.98. The molecule has 28 heavy (non-hydrogen) atoms. The van der Waals surface area contributed by atoms with Gasteiger partial charge in [0.15, 0.2) is 5.96 Å². The van der Waals surface area contributed by atoms with Crippen molar-refractivity contribution in [2.75, 3.05) is 13.6 Å². The molecule has 0 radical (unpaired) electrons. The highest BCUT2D eigenvalue weighted by Gasteiger charge is 2.15. The van der Waals surface area contributed by atoms with Crippen molar-refractivity contribution >= 4 is 5.96 Å². The van der Waals surface area contributed by atoms with Gasteiger partial charge in [0.2, 0.25) is 5.88 Å². The Labute approximate surface area is 166 Å². The molecule has 1 saturated carbocycles. The Balaban J connectivity index is 1.40. The summed E-state index contributed by atoms with van der Waals surface area (Å²) in [7, 11) is 1.77. The maximum absolute atomic E-state index is 5.98. The Bertz CT molecular complexity index is 735. The minimum absolute atomic E-state index is 0.326. The highest BCUT2D eigenvalue weighted by Crippen LogP contribution is 2.22. The van der Waals surface area contributed by atoms with Crippen LogP contribution in [0.3, 0.4) is 0 Å². The van der Waals surface area contributed by atoms with Crippen molar-refractivity contribution in [1.29, 1.82) is 0 Å². The quantitative estimate of drug-likeness (QED) is 0.535. The molecule has 0 saturated heterocycles. The largest absolute Gasteiger partial charge is 0.474 e. The molecule has 8 heteroatoms. The van der Waals surface area contributed by atoms with E-state index in [9.17, 15) is 0 Å². The van der Waals surface area contributed by atoms with Gasteiger partial charge in [0, 0.05) is 45.4 Å². The number of pyridine rings is 1. The summed E-state index contributed by atoms with van der Waals surface area (Å²) in [5, 5.41) is 14.7. The zero-order valence-corrected chi connectivity index (χ0v) is 16.9. The first-order valence-electron chi connectivity index (χ1n) is 10.2. The zero-order valence-electron chi connectivity index (χ0n) is 16.9. The fraction of sp³-hybridized carbons (Fsp3) is 0.600. The molecule has 0 aliphatic heterocycles. The van der Waals surface area contributed by atoms with Gasteiger partial charge in [-0.2, -0.15) is 0 Å². The molecule has 152 valence electrons. The number of guanidine groups is 1. The van der Waals surface area contributed by atoms with Crippen LogP contribution in [0, 0.1) is 0 Å². The first-order valence-corrected chi connectivity index (χ1v) is 10.2. The number of rotatable bonds is 8. The van der Waals surface area contributed by atoms with Crippen LogP contribution in [0.1, 0.15) is 50.4 Å². The number of aliphatic imine (C=N–C) groups is 1. The van der Waals surface area contributed by atoms with Gasteiger partial charge in [-0.15, -0.1) is 10.2 Å². The topological polar surface area (TPSA) is 89.2 Å². The first kappa shape index (κ1) is 20.1. The molecule has 0 bridgehead atoms. The normalized spacial score (nSPS) is 15.4. The number of aryl methyl sites for hydroxylation is 1. The number of nitrogens with one attached hydrogen (secondary N) is 2. The number of hydrogen-bond donors (Lipinski definition) is 2. The number of hydrogen-bond acceptors (Lipinski definition) is 5. The van der Waals surface area contributed by atoms with Crippen LogP contribution >= 0.6 is 0 Å². The van der Waals surface area contributed by atoms with Gasteiger partial charge in [-0.25, -0.2) is 4.98 Å². The fourth-order valence-corrected chi connectivity index (χ4v) is 3.38. The third kappa shape index (κ3) is 5.94. The van der Waals surface area contributed by atoms with E-state index in [0.717, 1.165) is 55.6 Å². The zero-order chi connectivity index (χ0) is 19.6.